The summed E-state index contributed by atoms with van der Waals surface area (Å²) in [4.78, 5) is 6.67. The van der Waals surface area contributed by atoms with Crippen molar-refractivity contribution in [3.63, 3.8) is 0 Å². The number of aliphatic hydroxyl groups excluding tert-OH is 1. The first kappa shape index (κ1) is 13.3. The largest absolute Gasteiger partial charge is 0.392 e. The highest BCUT2D eigenvalue weighted by molar-refractivity contribution is 5.53. The lowest BCUT2D eigenvalue weighted by Gasteiger charge is -2.29. The van der Waals surface area contributed by atoms with Gasteiger partial charge in [-0.05, 0) is 19.4 Å². The van der Waals surface area contributed by atoms with Crippen LogP contribution in [0.3, 0.4) is 0 Å². The lowest BCUT2D eigenvalue weighted by molar-refractivity contribution is 0.0702. The standard InChI is InChI=1S/C15H19N3O2/c19-13-7-4-9-18(11-13)10-8-14-16-15(17-20-14)12-5-2-1-3-6-12/h1-3,5-6,13,19H,4,7-11H2. The Bertz CT molecular complexity index is 541. The zero-order chi connectivity index (χ0) is 13.8. The molecule has 1 atom stereocenters. The Morgan fingerprint density at radius 1 is 1.30 bits per heavy atom. The first-order chi connectivity index (χ1) is 9.81. The zero-order valence-electron chi connectivity index (χ0n) is 11.4. The van der Waals surface area contributed by atoms with Crippen LogP contribution in [0, 0.1) is 0 Å². The molecule has 1 aliphatic rings. The average molecular weight is 273 g/mol. The monoisotopic (exact) mass is 273 g/mol. The van der Waals surface area contributed by atoms with E-state index in [0.717, 1.165) is 44.5 Å². The normalized spacial score (nSPS) is 20.1. The fraction of sp³-hybridized carbons (Fsp3) is 0.467. The van der Waals surface area contributed by atoms with E-state index in [9.17, 15) is 5.11 Å². The second-order valence-corrected chi connectivity index (χ2v) is 5.22. The van der Waals surface area contributed by atoms with Gasteiger partial charge in [0.15, 0.2) is 0 Å². The lowest BCUT2D eigenvalue weighted by atomic mass is 10.1. The van der Waals surface area contributed by atoms with Crippen LogP contribution in [0.25, 0.3) is 11.4 Å². The van der Waals surface area contributed by atoms with Gasteiger partial charge in [-0.25, -0.2) is 0 Å². The van der Waals surface area contributed by atoms with Crippen molar-refractivity contribution in [2.24, 2.45) is 0 Å². The van der Waals surface area contributed by atoms with Crippen LogP contribution in [-0.4, -0.2) is 45.9 Å². The Morgan fingerprint density at radius 3 is 2.95 bits per heavy atom. The van der Waals surface area contributed by atoms with E-state index in [0.29, 0.717) is 11.7 Å². The first-order valence-corrected chi connectivity index (χ1v) is 7.10. The van der Waals surface area contributed by atoms with Gasteiger partial charge in [-0.2, -0.15) is 4.98 Å². The maximum absolute atomic E-state index is 9.64. The van der Waals surface area contributed by atoms with Gasteiger partial charge < -0.3 is 14.5 Å². The number of β-amino-alcohol motifs (C(OH)–C–C–N with tert-alkyl or cyclic N) is 1. The molecular formula is C15H19N3O2. The number of hydrogen-bond acceptors (Lipinski definition) is 5. The van der Waals surface area contributed by atoms with Crippen molar-refractivity contribution in [1.29, 1.82) is 0 Å². The third kappa shape index (κ3) is 3.23. The van der Waals surface area contributed by atoms with Crippen molar-refractivity contribution in [2.75, 3.05) is 19.6 Å². The van der Waals surface area contributed by atoms with E-state index in [4.69, 9.17) is 4.52 Å². The average Bonchev–Trinajstić information content (AvgIpc) is 2.95. The Labute approximate surface area is 118 Å². The maximum Gasteiger partial charge on any atom is 0.228 e. The van der Waals surface area contributed by atoms with Gasteiger partial charge in [0, 0.05) is 25.1 Å². The first-order valence-electron chi connectivity index (χ1n) is 7.10. The Kier molecular flexibility index (Phi) is 4.08. The molecular weight excluding hydrogens is 254 g/mol. The highest BCUT2D eigenvalue weighted by Gasteiger charge is 2.18. The highest BCUT2D eigenvalue weighted by atomic mass is 16.5. The minimum Gasteiger partial charge on any atom is -0.392 e. The number of nitrogens with zero attached hydrogens (tertiary/aromatic N) is 3. The Morgan fingerprint density at radius 2 is 2.15 bits per heavy atom. The van der Waals surface area contributed by atoms with Crippen molar-refractivity contribution in [3.05, 3.63) is 36.2 Å². The van der Waals surface area contributed by atoms with Gasteiger partial charge in [-0.3, -0.25) is 0 Å². The zero-order valence-corrected chi connectivity index (χ0v) is 11.4. The summed E-state index contributed by atoms with van der Waals surface area (Å²) in [6, 6.07) is 9.82. The molecule has 0 amide bonds. The van der Waals surface area contributed by atoms with Crippen LogP contribution < -0.4 is 0 Å². The smallest absolute Gasteiger partial charge is 0.228 e. The molecule has 2 heterocycles. The fourth-order valence-corrected chi connectivity index (χ4v) is 2.55. The van der Waals surface area contributed by atoms with E-state index in [2.05, 4.69) is 15.0 Å². The van der Waals surface area contributed by atoms with Crippen LogP contribution in [0.5, 0.6) is 0 Å². The molecule has 1 aromatic carbocycles. The molecule has 1 aromatic heterocycles. The molecule has 106 valence electrons. The van der Waals surface area contributed by atoms with Crippen LogP contribution in [0.2, 0.25) is 0 Å². The van der Waals surface area contributed by atoms with Gasteiger partial charge in [-0.1, -0.05) is 35.5 Å². The third-order valence-corrected chi connectivity index (χ3v) is 3.62. The Hall–Kier alpha value is -1.72. The summed E-state index contributed by atoms with van der Waals surface area (Å²) in [5.41, 5.74) is 0.968. The van der Waals surface area contributed by atoms with Gasteiger partial charge in [0.25, 0.3) is 0 Å². The highest BCUT2D eigenvalue weighted by Crippen LogP contribution is 2.15. The summed E-state index contributed by atoms with van der Waals surface area (Å²) >= 11 is 0. The molecule has 1 aliphatic heterocycles. The summed E-state index contributed by atoms with van der Waals surface area (Å²) in [5, 5.41) is 13.6. The molecule has 0 aliphatic carbocycles. The number of benzene rings is 1. The summed E-state index contributed by atoms with van der Waals surface area (Å²) in [7, 11) is 0. The molecule has 20 heavy (non-hydrogen) atoms. The van der Waals surface area contributed by atoms with Crippen molar-refractivity contribution >= 4 is 0 Å². The number of aliphatic hydroxyl groups is 1. The minimum atomic E-state index is -0.189. The summed E-state index contributed by atoms with van der Waals surface area (Å²) in [6.07, 6.45) is 2.51. The molecule has 5 nitrogen and oxygen atoms in total. The molecule has 0 spiro atoms. The predicted molar refractivity (Wildman–Crippen MR) is 75.1 cm³/mol. The lowest BCUT2D eigenvalue weighted by Crippen LogP contribution is -2.39. The maximum atomic E-state index is 9.64. The fourth-order valence-electron chi connectivity index (χ4n) is 2.55. The van der Waals surface area contributed by atoms with Crippen LogP contribution >= 0.6 is 0 Å². The second kappa shape index (κ2) is 6.15. The number of rotatable bonds is 4. The van der Waals surface area contributed by atoms with Crippen LogP contribution in [-0.2, 0) is 6.42 Å². The molecule has 0 saturated carbocycles. The van der Waals surface area contributed by atoms with Crippen LogP contribution in [0.15, 0.2) is 34.9 Å². The molecule has 1 fully saturated rings. The summed E-state index contributed by atoms with van der Waals surface area (Å²) < 4.78 is 5.29. The predicted octanol–water partition coefficient (Wildman–Crippen LogP) is 1.74. The minimum absolute atomic E-state index is 0.189. The van der Waals surface area contributed by atoms with E-state index >= 15 is 0 Å². The van der Waals surface area contributed by atoms with Gasteiger partial charge in [0.05, 0.1) is 6.10 Å². The topological polar surface area (TPSA) is 62.4 Å². The number of aromatic nitrogens is 2. The quantitative estimate of drug-likeness (QED) is 0.919. The molecule has 2 aromatic rings. The van der Waals surface area contributed by atoms with Gasteiger partial charge >= 0.3 is 0 Å². The number of hydrogen-bond donors (Lipinski definition) is 1. The van der Waals surface area contributed by atoms with E-state index in [-0.39, 0.29) is 6.10 Å². The summed E-state index contributed by atoms with van der Waals surface area (Å²) in [5.74, 6) is 1.29. The molecule has 1 N–H and O–H groups in total. The van der Waals surface area contributed by atoms with E-state index in [1.807, 2.05) is 30.3 Å². The third-order valence-electron chi connectivity index (χ3n) is 3.62. The SMILES string of the molecule is OC1CCCN(CCc2nc(-c3ccccc3)no2)C1. The second-order valence-electron chi connectivity index (χ2n) is 5.22. The van der Waals surface area contributed by atoms with Gasteiger partial charge in [-0.15, -0.1) is 0 Å². The van der Waals surface area contributed by atoms with Gasteiger partial charge in [0.2, 0.25) is 11.7 Å². The van der Waals surface area contributed by atoms with Crippen molar-refractivity contribution < 1.29 is 9.63 Å². The molecule has 1 unspecified atom stereocenters. The molecule has 0 bridgehead atoms. The number of likely N-dealkylation sites (tertiary alicyclic amines) is 1. The van der Waals surface area contributed by atoms with E-state index in [1.165, 1.54) is 0 Å². The summed E-state index contributed by atoms with van der Waals surface area (Å²) in [6.45, 7) is 2.64. The van der Waals surface area contributed by atoms with Crippen molar-refractivity contribution in [1.82, 2.24) is 15.0 Å². The molecule has 5 heteroatoms. The van der Waals surface area contributed by atoms with Crippen LogP contribution in [0.1, 0.15) is 18.7 Å². The molecule has 3 rings (SSSR count). The van der Waals surface area contributed by atoms with E-state index in [1.54, 1.807) is 0 Å². The van der Waals surface area contributed by atoms with Crippen molar-refractivity contribution in [3.8, 4) is 11.4 Å². The number of piperidine rings is 1. The molecule has 1 saturated heterocycles. The van der Waals surface area contributed by atoms with Crippen LogP contribution in [0.4, 0.5) is 0 Å². The van der Waals surface area contributed by atoms with E-state index < -0.39 is 0 Å². The van der Waals surface area contributed by atoms with Gasteiger partial charge in [0.1, 0.15) is 0 Å². The Balaban J connectivity index is 1.58. The molecule has 0 radical (unpaired) electrons. The van der Waals surface area contributed by atoms with Crippen molar-refractivity contribution in [2.45, 2.75) is 25.4 Å².